The average Bonchev–Trinajstić information content (AvgIpc) is 1.68. The highest BCUT2D eigenvalue weighted by Gasteiger charge is 2.07. The zero-order valence-corrected chi connectivity index (χ0v) is 5.07. The molecule has 2 nitrogen and oxygen atoms in total. The molecule has 1 saturated heterocycles. The van der Waals surface area contributed by atoms with Gasteiger partial charge in [0.25, 0.3) is 0 Å². The van der Waals surface area contributed by atoms with Gasteiger partial charge in [-0.1, -0.05) is 6.92 Å². The van der Waals surface area contributed by atoms with Crippen LogP contribution in [0.4, 0.5) is 0 Å². The summed E-state index contributed by atoms with van der Waals surface area (Å²) < 4.78 is 0. The summed E-state index contributed by atoms with van der Waals surface area (Å²) in [4.78, 5) is 0. The molecular formula is C5H14N2. The van der Waals surface area contributed by atoms with E-state index in [9.17, 15) is 0 Å². The molecule has 1 aliphatic rings. The Morgan fingerprint density at radius 3 is 1.71 bits per heavy atom. The molecule has 44 valence electrons. The summed E-state index contributed by atoms with van der Waals surface area (Å²) in [6.07, 6.45) is 0. The predicted octanol–water partition coefficient (Wildman–Crippen LogP) is -0.199. The summed E-state index contributed by atoms with van der Waals surface area (Å²) in [5, 5.41) is 3.16. The lowest BCUT2D eigenvalue weighted by atomic mass is 10.1. The Labute approximate surface area is 45.1 Å². The second-order valence-corrected chi connectivity index (χ2v) is 1.76. The van der Waals surface area contributed by atoms with Gasteiger partial charge in [-0.15, -0.1) is 0 Å². The van der Waals surface area contributed by atoms with E-state index in [1.165, 1.54) is 20.1 Å². The third kappa shape index (κ3) is 2.60. The van der Waals surface area contributed by atoms with E-state index in [1.807, 2.05) is 0 Å². The molecule has 1 heterocycles. The molecule has 0 radical (unpaired) electrons. The summed E-state index contributed by atoms with van der Waals surface area (Å²) in [6.45, 7) is 4.72. The van der Waals surface area contributed by atoms with Crippen molar-refractivity contribution in [3.05, 3.63) is 0 Å². The maximum Gasteiger partial charge on any atom is -0.00109 e. The van der Waals surface area contributed by atoms with Crippen LogP contribution in [0.3, 0.4) is 0 Å². The van der Waals surface area contributed by atoms with Crippen LogP contribution in [0.15, 0.2) is 0 Å². The topological polar surface area (TPSA) is 38.0 Å². The standard InChI is InChI=1S/C4H9N.CH5N/c1-4-2-5-3-4;1-2/h4-5H,2-3H2,1H3;2H2,1H3. The van der Waals surface area contributed by atoms with Gasteiger partial charge in [0.1, 0.15) is 0 Å². The lowest BCUT2D eigenvalue weighted by molar-refractivity contribution is 0.379. The van der Waals surface area contributed by atoms with Gasteiger partial charge < -0.3 is 11.1 Å². The minimum atomic E-state index is 0.954. The van der Waals surface area contributed by atoms with Gasteiger partial charge in [0.05, 0.1) is 0 Å². The average molecular weight is 102 g/mol. The molecule has 1 fully saturated rings. The first-order chi connectivity index (χ1) is 3.39. The lowest BCUT2D eigenvalue weighted by Gasteiger charge is -2.21. The molecule has 0 aliphatic carbocycles. The highest BCUT2D eigenvalue weighted by Crippen LogP contribution is 1.96. The summed E-state index contributed by atoms with van der Waals surface area (Å²) in [6, 6.07) is 0. The molecule has 1 rings (SSSR count). The quantitative estimate of drug-likeness (QED) is 0.444. The Morgan fingerprint density at radius 1 is 1.43 bits per heavy atom. The molecule has 1 aliphatic heterocycles. The van der Waals surface area contributed by atoms with E-state index in [4.69, 9.17) is 0 Å². The smallest absolute Gasteiger partial charge is 0.00109 e. The van der Waals surface area contributed by atoms with Crippen molar-refractivity contribution in [2.45, 2.75) is 6.92 Å². The molecule has 2 heteroatoms. The van der Waals surface area contributed by atoms with Crippen molar-refractivity contribution in [3.8, 4) is 0 Å². The molecule has 0 aromatic carbocycles. The van der Waals surface area contributed by atoms with Gasteiger partial charge in [-0.25, -0.2) is 0 Å². The van der Waals surface area contributed by atoms with Crippen LogP contribution in [0.25, 0.3) is 0 Å². The molecule has 0 unspecified atom stereocenters. The summed E-state index contributed by atoms with van der Waals surface area (Å²) in [7, 11) is 1.50. The molecule has 0 bridgehead atoms. The number of rotatable bonds is 0. The van der Waals surface area contributed by atoms with Crippen molar-refractivity contribution in [1.29, 1.82) is 0 Å². The molecule has 0 aromatic rings. The van der Waals surface area contributed by atoms with Crippen molar-refractivity contribution in [2.75, 3.05) is 20.1 Å². The zero-order chi connectivity index (χ0) is 5.70. The zero-order valence-electron chi connectivity index (χ0n) is 5.07. The Balaban J connectivity index is 0.000000162. The minimum Gasteiger partial charge on any atom is -0.333 e. The molecule has 0 atom stereocenters. The predicted molar refractivity (Wildman–Crippen MR) is 32.1 cm³/mol. The monoisotopic (exact) mass is 102 g/mol. The number of nitrogens with two attached hydrogens (primary N) is 1. The maximum atomic E-state index is 4.50. The van der Waals surface area contributed by atoms with Crippen molar-refractivity contribution < 1.29 is 0 Å². The van der Waals surface area contributed by atoms with Crippen LogP contribution >= 0.6 is 0 Å². The number of nitrogens with one attached hydrogen (secondary N) is 1. The van der Waals surface area contributed by atoms with E-state index in [0.29, 0.717) is 0 Å². The van der Waals surface area contributed by atoms with Crippen molar-refractivity contribution in [2.24, 2.45) is 11.7 Å². The Bertz CT molecular complexity index is 33.1. The molecule has 3 N–H and O–H groups in total. The van der Waals surface area contributed by atoms with E-state index in [2.05, 4.69) is 18.0 Å². The normalized spacial score (nSPS) is 19.3. The van der Waals surface area contributed by atoms with E-state index >= 15 is 0 Å². The highest BCUT2D eigenvalue weighted by molar-refractivity contribution is 4.68. The molecule has 0 saturated carbocycles. The van der Waals surface area contributed by atoms with Gasteiger partial charge in [0, 0.05) is 0 Å². The van der Waals surface area contributed by atoms with Crippen LogP contribution in [0.5, 0.6) is 0 Å². The van der Waals surface area contributed by atoms with Crippen LogP contribution in [0.2, 0.25) is 0 Å². The first kappa shape index (κ1) is 6.92. The van der Waals surface area contributed by atoms with E-state index < -0.39 is 0 Å². The number of hydrogen-bond donors (Lipinski definition) is 2. The van der Waals surface area contributed by atoms with Crippen molar-refractivity contribution in [3.63, 3.8) is 0 Å². The first-order valence-electron chi connectivity index (χ1n) is 2.68. The van der Waals surface area contributed by atoms with Gasteiger partial charge in [0.15, 0.2) is 0 Å². The van der Waals surface area contributed by atoms with E-state index in [0.717, 1.165) is 5.92 Å². The van der Waals surface area contributed by atoms with E-state index in [1.54, 1.807) is 0 Å². The SMILES string of the molecule is CC1CNC1.CN. The number of hydrogen-bond acceptors (Lipinski definition) is 2. The third-order valence-electron chi connectivity index (χ3n) is 0.986. The second kappa shape index (κ2) is 4.09. The Morgan fingerprint density at radius 2 is 1.71 bits per heavy atom. The molecular weight excluding hydrogens is 88.1 g/mol. The summed E-state index contributed by atoms with van der Waals surface area (Å²) in [5.74, 6) is 0.954. The lowest BCUT2D eigenvalue weighted by Crippen LogP contribution is -2.39. The molecule has 0 aromatic heterocycles. The van der Waals surface area contributed by atoms with Gasteiger partial charge in [-0.2, -0.15) is 0 Å². The van der Waals surface area contributed by atoms with Crippen LogP contribution in [0.1, 0.15) is 6.92 Å². The fourth-order valence-corrected chi connectivity index (χ4v) is 0.433. The van der Waals surface area contributed by atoms with E-state index in [-0.39, 0.29) is 0 Å². The van der Waals surface area contributed by atoms with Crippen molar-refractivity contribution >= 4 is 0 Å². The molecule has 0 spiro atoms. The van der Waals surface area contributed by atoms with Gasteiger partial charge in [-0.05, 0) is 26.1 Å². The molecule has 0 amide bonds. The van der Waals surface area contributed by atoms with Crippen LogP contribution in [0, 0.1) is 5.92 Å². The second-order valence-electron chi connectivity index (χ2n) is 1.76. The fourth-order valence-electron chi connectivity index (χ4n) is 0.433. The minimum absolute atomic E-state index is 0.954. The highest BCUT2D eigenvalue weighted by atomic mass is 14.9. The Kier molecular flexibility index (Phi) is 4.04. The maximum absolute atomic E-state index is 4.50. The Hall–Kier alpha value is -0.0800. The van der Waals surface area contributed by atoms with Gasteiger partial charge in [-0.3, -0.25) is 0 Å². The largest absolute Gasteiger partial charge is 0.333 e. The van der Waals surface area contributed by atoms with Gasteiger partial charge >= 0.3 is 0 Å². The third-order valence-corrected chi connectivity index (χ3v) is 0.986. The van der Waals surface area contributed by atoms with Crippen LogP contribution in [-0.2, 0) is 0 Å². The van der Waals surface area contributed by atoms with Crippen LogP contribution in [-0.4, -0.2) is 20.1 Å². The fraction of sp³-hybridized carbons (Fsp3) is 1.00. The molecule has 7 heavy (non-hydrogen) atoms. The van der Waals surface area contributed by atoms with Crippen molar-refractivity contribution in [1.82, 2.24) is 5.32 Å². The van der Waals surface area contributed by atoms with Gasteiger partial charge in [0.2, 0.25) is 0 Å². The van der Waals surface area contributed by atoms with Crippen LogP contribution < -0.4 is 11.1 Å². The summed E-state index contributed by atoms with van der Waals surface area (Å²) in [5.41, 5.74) is 4.50. The summed E-state index contributed by atoms with van der Waals surface area (Å²) >= 11 is 0. The first-order valence-corrected chi connectivity index (χ1v) is 2.68.